The molecule has 2 aromatic rings. The zero-order chi connectivity index (χ0) is 23.5. The van der Waals surface area contributed by atoms with E-state index in [-0.39, 0.29) is 35.7 Å². The molecule has 5 unspecified atom stereocenters. The Morgan fingerprint density at radius 3 is 2.73 bits per heavy atom. The normalized spacial score (nSPS) is 27.6. The van der Waals surface area contributed by atoms with Gasteiger partial charge in [-0.25, -0.2) is 14.8 Å². The molecule has 0 radical (unpaired) electrons. The van der Waals surface area contributed by atoms with Crippen LogP contribution in [0.15, 0.2) is 30.5 Å². The molecule has 176 valence electrons. The molecule has 1 aliphatic carbocycles. The number of hydrogen-bond donors (Lipinski definition) is 4. The summed E-state index contributed by atoms with van der Waals surface area (Å²) in [5, 5.41) is 16.4. The van der Waals surface area contributed by atoms with Gasteiger partial charge in [-0.1, -0.05) is 19.1 Å². The predicted molar refractivity (Wildman–Crippen MR) is 129 cm³/mol. The fourth-order valence-corrected chi connectivity index (χ4v) is 5.50. The van der Waals surface area contributed by atoms with E-state index in [0.29, 0.717) is 24.6 Å². The fraction of sp³-hybridized carbons (Fsp3) is 0.538. The van der Waals surface area contributed by atoms with Crippen LogP contribution in [0.5, 0.6) is 0 Å². The van der Waals surface area contributed by atoms with Crippen LogP contribution in [-0.4, -0.2) is 24.1 Å². The molecular formula is C26H35FN6. The Labute approximate surface area is 196 Å². The van der Waals surface area contributed by atoms with Crippen molar-refractivity contribution in [2.24, 2.45) is 11.8 Å². The summed E-state index contributed by atoms with van der Waals surface area (Å²) in [6.45, 7) is 6.88. The number of nitrogens with zero attached hydrogens (tertiary/aromatic N) is 2. The van der Waals surface area contributed by atoms with E-state index in [1.807, 2.05) is 32.3 Å². The third kappa shape index (κ3) is 4.89. The van der Waals surface area contributed by atoms with Crippen molar-refractivity contribution in [3.8, 4) is 6.07 Å². The first-order chi connectivity index (χ1) is 15.9. The van der Waals surface area contributed by atoms with Crippen LogP contribution in [0.3, 0.4) is 0 Å². The Morgan fingerprint density at radius 1 is 1.27 bits per heavy atom. The highest BCUT2D eigenvalue weighted by Crippen LogP contribution is 2.48. The minimum Gasteiger partial charge on any atom is -0.368 e. The van der Waals surface area contributed by atoms with E-state index in [1.165, 1.54) is 0 Å². The number of fused-ring (bicyclic) bond motifs is 1. The van der Waals surface area contributed by atoms with Crippen LogP contribution < -0.4 is 21.5 Å². The summed E-state index contributed by atoms with van der Waals surface area (Å²) >= 11 is 0. The third-order valence-corrected chi connectivity index (χ3v) is 7.35. The van der Waals surface area contributed by atoms with Crippen LogP contribution in [-0.2, 0) is 6.54 Å². The molecule has 0 bridgehead atoms. The minimum atomic E-state index is -0.220. The summed E-state index contributed by atoms with van der Waals surface area (Å²) in [5.41, 5.74) is 10.5. The number of aryl methyl sites for hydroxylation is 1. The number of rotatable bonds is 7. The molecule has 1 saturated carbocycles. The first kappa shape index (κ1) is 23.6. The van der Waals surface area contributed by atoms with E-state index in [1.54, 1.807) is 6.07 Å². The molecule has 1 aliphatic heterocycles. The first-order valence-electron chi connectivity index (χ1n) is 12.0. The van der Waals surface area contributed by atoms with Crippen molar-refractivity contribution in [2.75, 3.05) is 12.4 Å². The number of nitrogens with one attached hydrogen (secondary N) is 4. The van der Waals surface area contributed by atoms with Gasteiger partial charge in [0.15, 0.2) is 0 Å². The van der Waals surface area contributed by atoms with Crippen molar-refractivity contribution in [2.45, 2.75) is 70.6 Å². The minimum absolute atomic E-state index is 0.0780. The van der Waals surface area contributed by atoms with Crippen LogP contribution >= 0.6 is 0 Å². The number of aromatic nitrogens is 1. The largest absolute Gasteiger partial charge is 0.368 e. The summed E-state index contributed by atoms with van der Waals surface area (Å²) in [6, 6.07) is 10.9. The number of nitriles is 1. The summed E-state index contributed by atoms with van der Waals surface area (Å²) in [5.74, 6) is 0.597. The standard InChI is InChI=1S/C26H35FN6/c1-5-16(3)31-24-7-6-18(14-30-24)26-21-11-20(19(12-28)10-23(21)32-33-26)25-15(2)8-17(13-29-4)9-22(25)27/h6-9,14,16,19-21,23,26,29,32-33H,5,10-11,13H2,1-4H3,(H,30,31)/t16-,19?,20?,21?,23?,26?/m1/s1. The molecular weight excluding hydrogens is 415 g/mol. The molecule has 0 amide bonds. The summed E-state index contributed by atoms with van der Waals surface area (Å²) in [7, 11) is 1.86. The van der Waals surface area contributed by atoms with Crippen LogP contribution in [0.2, 0.25) is 0 Å². The Bertz CT molecular complexity index is 978. The Kier molecular flexibility index (Phi) is 7.28. The van der Waals surface area contributed by atoms with Gasteiger partial charge in [0.1, 0.15) is 11.6 Å². The molecule has 2 heterocycles. The van der Waals surface area contributed by atoms with Gasteiger partial charge >= 0.3 is 0 Å². The Balaban J connectivity index is 1.58. The maximum Gasteiger partial charge on any atom is 0.127 e. The molecule has 2 aliphatic rings. The van der Waals surface area contributed by atoms with Gasteiger partial charge in [-0.05, 0) is 80.5 Å². The molecule has 33 heavy (non-hydrogen) atoms. The second-order valence-corrected chi connectivity index (χ2v) is 9.62. The van der Waals surface area contributed by atoms with E-state index in [9.17, 15) is 5.26 Å². The van der Waals surface area contributed by atoms with Crippen molar-refractivity contribution in [3.63, 3.8) is 0 Å². The van der Waals surface area contributed by atoms with Crippen molar-refractivity contribution in [3.05, 3.63) is 58.5 Å². The Hall–Kier alpha value is -2.53. The molecule has 6 nitrogen and oxygen atoms in total. The number of anilines is 1. The average molecular weight is 451 g/mol. The van der Waals surface area contributed by atoms with E-state index >= 15 is 4.39 Å². The van der Waals surface area contributed by atoms with Gasteiger partial charge in [0.2, 0.25) is 0 Å². The van der Waals surface area contributed by atoms with Gasteiger partial charge in [-0.15, -0.1) is 0 Å². The van der Waals surface area contributed by atoms with Gasteiger partial charge in [-0.3, -0.25) is 5.43 Å². The number of hydrazine groups is 1. The molecule has 6 atom stereocenters. The van der Waals surface area contributed by atoms with Crippen LogP contribution in [0.4, 0.5) is 10.2 Å². The predicted octanol–water partition coefficient (Wildman–Crippen LogP) is 4.31. The molecule has 1 aromatic heterocycles. The van der Waals surface area contributed by atoms with E-state index in [2.05, 4.69) is 52.5 Å². The molecule has 4 rings (SSSR count). The van der Waals surface area contributed by atoms with Crippen molar-refractivity contribution in [1.29, 1.82) is 5.26 Å². The second kappa shape index (κ2) is 10.2. The van der Waals surface area contributed by atoms with Crippen molar-refractivity contribution in [1.82, 2.24) is 21.2 Å². The van der Waals surface area contributed by atoms with Gasteiger partial charge in [-0.2, -0.15) is 5.26 Å². The maximum atomic E-state index is 15.3. The first-order valence-corrected chi connectivity index (χ1v) is 12.0. The fourth-order valence-electron chi connectivity index (χ4n) is 5.50. The lowest BCUT2D eigenvalue weighted by molar-refractivity contribution is 0.234. The highest BCUT2D eigenvalue weighted by Gasteiger charge is 2.46. The molecule has 2 fully saturated rings. The highest BCUT2D eigenvalue weighted by molar-refractivity contribution is 5.39. The van der Waals surface area contributed by atoms with Crippen molar-refractivity contribution < 1.29 is 4.39 Å². The highest BCUT2D eigenvalue weighted by atomic mass is 19.1. The van der Waals surface area contributed by atoms with Gasteiger partial charge < -0.3 is 10.6 Å². The number of pyridine rings is 1. The lowest BCUT2D eigenvalue weighted by Crippen LogP contribution is -2.39. The van der Waals surface area contributed by atoms with Crippen molar-refractivity contribution >= 4 is 5.82 Å². The van der Waals surface area contributed by atoms with E-state index in [4.69, 9.17) is 0 Å². The van der Waals surface area contributed by atoms with Crippen LogP contribution in [0.1, 0.15) is 67.3 Å². The Morgan fingerprint density at radius 2 is 2.09 bits per heavy atom. The lowest BCUT2D eigenvalue weighted by atomic mass is 9.66. The van der Waals surface area contributed by atoms with Crippen LogP contribution in [0, 0.1) is 35.9 Å². The molecule has 1 saturated heterocycles. The van der Waals surface area contributed by atoms with E-state index in [0.717, 1.165) is 35.3 Å². The topological polar surface area (TPSA) is 84.8 Å². The number of hydrogen-bond acceptors (Lipinski definition) is 6. The van der Waals surface area contributed by atoms with Crippen LogP contribution in [0.25, 0.3) is 0 Å². The van der Waals surface area contributed by atoms with Gasteiger partial charge in [0.05, 0.1) is 18.0 Å². The number of halogens is 1. The monoisotopic (exact) mass is 450 g/mol. The second-order valence-electron chi connectivity index (χ2n) is 9.62. The SMILES string of the molecule is CC[C@@H](C)Nc1ccc(C2NNC3CC(C#N)C(c4c(C)cc(CNC)cc4F)CC32)cn1. The molecule has 7 heteroatoms. The molecule has 1 aromatic carbocycles. The summed E-state index contributed by atoms with van der Waals surface area (Å²) < 4.78 is 15.3. The maximum absolute atomic E-state index is 15.3. The quantitative estimate of drug-likeness (QED) is 0.503. The number of benzene rings is 1. The summed E-state index contributed by atoms with van der Waals surface area (Å²) in [4.78, 5) is 4.62. The average Bonchev–Trinajstić information content (AvgIpc) is 3.21. The van der Waals surface area contributed by atoms with E-state index < -0.39 is 0 Å². The zero-order valence-electron chi connectivity index (χ0n) is 20.0. The third-order valence-electron chi connectivity index (χ3n) is 7.35. The van der Waals surface area contributed by atoms with Gasteiger partial charge in [0, 0.05) is 30.7 Å². The molecule has 4 N–H and O–H groups in total. The smallest absolute Gasteiger partial charge is 0.127 e. The lowest BCUT2D eigenvalue weighted by Gasteiger charge is -2.37. The van der Waals surface area contributed by atoms with Gasteiger partial charge in [0.25, 0.3) is 0 Å². The molecule has 0 spiro atoms. The zero-order valence-corrected chi connectivity index (χ0v) is 20.0. The summed E-state index contributed by atoms with van der Waals surface area (Å²) in [6.07, 6.45) is 4.42.